The molecular formula is C14H11Cl2N3O5S. The number of nitro groups is 1. The fourth-order valence-electron chi connectivity index (χ4n) is 1.97. The van der Waals surface area contributed by atoms with Gasteiger partial charge in [0, 0.05) is 12.1 Å². The first-order valence-corrected chi connectivity index (χ1v) is 8.89. The number of nitrogens with one attached hydrogen (secondary N) is 1. The second kappa shape index (κ2) is 6.96. The number of benzene rings is 2. The smallest absolute Gasteiger partial charge is 0.271 e. The first kappa shape index (κ1) is 19.1. The van der Waals surface area contributed by atoms with Crippen molar-refractivity contribution in [2.75, 3.05) is 5.32 Å². The molecule has 0 spiro atoms. The van der Waals surface area contributed by atoms with E-state index < -0.39 is 25.7 Å². The molecule has 0 bridgehead atoms. The van der Waals surface area contributed by atoms with Crippen LogP contribution in [0.15, 0.2) is 35.2 Å². The standard InChI is InChI=1S/C14H11Cl2N3O5S/c1-7-2-3-8(19(21)22)4-12(7)18-14(20)9-5-13(25(17,23)24)11(16)6-10(9)15/h2-6H,1H3,(H,18,20)(H2,17,23,24). The largest absolute Gasteiger partial charge is 0.321 e. The molecule has 8 nitrogen and oxygen atoms in total. The second-order valence-electron chi connectivity index (χ2n) is 5.02. The number of nitro benzene ring substituents is 1. The molecule has 0 unspecified atom stereocenters. The van der Waals surface area contributed by atoms with E-state index in [9.17, 15) is 23.3 Å². The fraction of sp³-hybridized carbons (Fsp3) is 0.0714. The zero-order valence-corrected chi connectivity index (χ0v) is 14.9. The predicted octanol–water partition coefficient (Wildman–Crippen LogP) is 3.11. The number of amides is 1. The van der Waals surface area contributed by atoms with Crippen LogP contribution in [0.5, 0.6) is 0 Å². The normalized spacial score (nSPS) is 11.2. The number of non-ortho nitro benzene ring substituents is 1. The lowest BCUT2D eigenvalue weighted by Gasteiger charge is -2.11. The van der Waals surface area contributed by atoms with E-state index in [0.717, 1.165) is 12.1 Å². The van der Waals surface area contributed by atoms with Crippen molar-refractivity contribution in [3.05, 3.63) is 61.6 Å². The maximum atomic E-state index is 12.4. The van der Waals surface area contributed by atoms with Crippen LogP contribution in [0.3, 0.4) is 0 Å². The molecule has 0 atom stereocenters. The number of rotatable bonds is 4. The third-order valence-electron chi connectivity index (χ3n) is 3.25. The Hall–Kier alpha value is -2.20. The first-order valence-electron chi connectivity index (χ1n) is 6.59. The number of nitrogens with two attached hydrogens (primary N) is 1. The zero-order chi connectivity index (χ0) is 18.9. The van der Waals surface area contributed by atoms with E-state index in [1.807, 2.05) is 0 Å². The molecular weight excluding hydrogens is 393 g/mol. The highest BCUT2D eigenvalue weighted by Gasteiger charge is 2.21. The number of primary sulfonamides is 1. The van der Waals surface area contributed by atoms with Gasteiger partial charge in [0.1, 0.15) is 4.90 Å². The number of halogens is 2. The van der Waals surface area contributed by atoms with Gasteiger partial charge in [0.05, 0.1) is 26.2 Å². The summed E-state index contributed by atoms with van der Waals surface area (Å²) in [5.41, 5.74) is 0.340. The molecule has 0 aliphatic carbocycles. The van der Waals surface area contributed by atoms with Crippen LogP contribution >= 0.6 is 23.2 Å². The number of sulfonamides is 1. The van der Waals surface area contributed by atoms with Gasteiger partial charge in [0.25, 0.3) is 11.6 Å². The van der Waals surface area contributed by atoms with E-state index in [0.29, 0.717) is 5.56 Å². The summed E-state index contributed by atoms with van der Waals surface area (Å²) >= 11 is 11.7. The molecule has 2 rings (SSSR count). The summed E-state index contributed by atoms with van der Waals surface area (Å²) in [5, 5.41) is 18.0. The maximum absolute atomic E-state index is 12.4. The van der Waals surface area contributed by atoms with Crippen LogP contribution in [0, 0.1) is 17.0 Å². The van der Waals surface area contributed by atoms with E-state index in [1.165, 1.54) is 18.2 Å². The van der Waals surface area contributed by atoms with Crippen LogP contribution in [0.2, 0.25) is 10.0 Å². The van der Waals surface area contributed by atoms with E-state index in [-0.39, 0.29) is 27.0 Å². The Morgan fingerprint density at radius 3 is 2.40 bits per heavy atom. The van der Waals surface area contributed by atoms with Crippen LogP contribution in [-0.2, 0) is 10.0 Å². The number of hydrogen-bond donors (Lipinski definition) is 2. The summed E-state index contributed by atoms with van der Waals surface area (Å²) in [4.78, 5) is 22.2. The van der Waals surface area contributed by atoms with Gasteiger partial charge in [0.15, 0.2) is 0 Å². The summed E-state index contributed by atoms with van der Waals surface area (Å²) in [5.74, 6) is -0.768. The van der Waals surface area contributed by atoms with E-state index in [2.05, 4.69) is 5.32 Å². The van der Waals surface area contributed by atoms with E-state index in [1.54, 1.807) is 6.92 Å². The highest BCUT2D eigenvalue weighted by atomic mass is 35.5. The quantitative estimate of drug-likeness (QED) is 0.597. The van der Waals surface area contributed by atoms with Crippen molar-refractivity contribution in [3.8, 4) is 0 Å². The molecule has 0 heterocycles. The summed E-state index contributed by atoms with van der Waals surface area (Å²) in [6, 6.07) is 5.96. The molecule has 2 aromatic rings. The third kappa shape index (κ3) is 4.26. The minimum Gasteiger partial charge on any atom is -0.321 e. The van der Waals surface area contributed by atoms with Gasteiger partial charge in [-0.3, -0.25) is 14.9 Å². The van der Waals surface area contributed by atoms with Gasteiger partial charge in [0.2, 0.25) is 10.0 Å². The Labute approximate surface area is 152 Å². The molecule has 0 radical (unpaired) electrons. The summed E-state index contributed by atoms with van der Waals surface area (Å²) in [6.45, 7) is 1.64. The molecule has 11 heteroatoms. The Morgan fingerprint density at radius 1 is 1.20 bits per heavy atom. The number of aryl methyl sites for hydroxylation is 1. The van der Waals surface area contributed by atoms with Gasteiger partial charge in [-0.25, -0.2) is 13.6 Å². The molecule has 0 aliphatic heterocycles. The minimum absolute atomic E-state index is 0.0991. The lowest BCUT2D eigenvalue weighted by Crippen LogP contribution is -2.17. The Balaban J connectivity index is 2.46. The number of anilines is 1. The molecule has 0 aliphatic rings. The molecule has 2 aromatic carbocycles. The van der Waals surface area contributed by atoms with Crippen molar-refractivity contribution in [2.24, 2.45) is 5.14 Å². The molecule has 0 aromatic heterocycles. The van der Waals surface area contributed by atoms with Crippen molar-refractivity contribution in [1.82, 2.24) is 0 Å². The van der Waals surface area contributed by atoms with E-state index >= 15 is 0 Å². The summed E-state index contributed by atoms with van der Waals surface area (Å²) in [7, 11) is -4.17. The molecule has 1 amide bonds. The third-order valence-corrected chi connectivity index (χ3v) is 4.94. The van der Waals surface area contributed by atoms with Gasteiger partial charge in [-0.2, -0.15) is 0 Å². The summed E-state index contributed by atoms with van der Waals surface area (Å²) in [6.07, 6.45) is 0. The van der Waals surface area contributed by atoms with Crippen LogP contribution in [0.1, 0.15) is 15.9 Å². The van der Waals surface area contributed by atoms with Crippen molar-refractivity contribution < 1.29 is 18.1 Å². The van der Waals surface area contributed by atoms with Gasteiger partial charge < -0.3 is 5.32 Å². The Morgan fingerprint density at radius 2 is 1.84 bits per heavy atom. The molecule has 0 fully saturated rings. The van der Waals surface area contributed by atoms with Gasteiger partial charge in [-0.05, 0) is 24.6 Å². The zero-order valence-electron chi connectivity index (χ0n) is 12.6. The highest BCUT2D eigenvalue weighted by Crippen LogP contribution is 2.29. The van der Waals surface area contributed by atoms with Crippen molar-refractivity contribution in [2.45, 2.75) is 11.8 Å². The highest BCUT2D eigenvalue weighted by molar-refractivity contribution is 7.89. The molecule has 3 N–H and O–H groups in total. The van der Waals surface area contributed by atoms with Gasteiger partial charge in [-0.1, -0.05) is 29.3 Å². The molecule has 0 saturated heterocycles. The van der Waals surface area contributed by atoms with Gasteiger partial charge in [-0.15, -0.1) is 0 Å². The van der Waals surface area contributed by atoms with Crippen LogP contribution < -0.4 is 10.5 Å². The maximum Gasteiger partial charge on any atom is 0.271 e. The van der Waals surface area contributed by atoms with Crippen LogP contribution in [0.4, 0.5) is 11.4 Å². The first-order chi connectivity index (χ1) is 11.5. The van der Waals surface area contributed by atoms with E-state index in [4.69, 9.17) is 28.3 Å². The number of carbonyl (C=O) groups is 1. The monoisotopic (exact) mass is 403 g/mol. The molecule has 132 valence electrons. The fourth-order valence-corrected chi connectivity index (χ4v) is 3.37. The average molecular weight is 404 g/mol. The van der Waals surface area contributed by atoms with Crippen molar-refractivity contribution >= 4 is 50.5 Å². The second-order valence-corrected chi connectivity index (χ2v) is 7.36. The molecule has 25 heavy (non-hydrogen) atoms. The number of carbonyl (C=O) groups excluding carboxylic acids is 1. The number of nitrogens with zero attached hydrogens (tertiary/aromatic N) is 1. The molecule has 0 saturated carbocycles. The topological polar surface area (TPSA) is 132 Å². The number of hydrogen-bond acceptors (Lipinski definition) is 5. The van der Waals surface area contributed by atoms with Crippen LogP contribution in [-0.4, -0.2) is 19.2 Å². The SMILES string of the molecule is Cc1ccc([N+](=O)[O-])cc1NC(=O)c1cc(S(N)(=O)=O)c(Cl)cc1Cl. The lowest BCUT2D eigenvalue weighted by atomic mass is 10.1. The predicted molar refractivity (Wildman–Crippen MR) is 93.6 cm³/mol. The summed E-state index contributed by atoms with van der Waals surface area (Å²) < 4.78 is 23.0. The van der Waals surface area contributed by atoms with Crippen LogP contribution in [0.25, 0.3) is 0 Å². The average Bonchev–Trinajstić information content (AvgIpc) is 2.47. The Bertz CT molecular complexity index is 992. The minimum atomic E-state index is -4.17. The lowest BCUT2D eigenvalue weighted by molar-refractivity contribution is -0.384. The van der Waals surface area contributed by atoms with Crippen molar-refractivity contribution in [1.29, 1.82) is 0 Å². The van der Waals surface area contributed by atoms with Crippen molar-refractivity contribution in [3.63, 3.8) is 0 Å². The van der Waals surface area contributed by atoms with Gasteiger partial charge >= 0.3 is 0 Å². The Kier molecular flexibility index (Phi) is 5.33.